The minimum Gasteiger partial charge on any atom is -0.508 e. The van der Waals surface area contributed by atoms with E-state index in [9.17, 15) is 14.3 Å². The van der Waals surface area contributed by atoms with E-state index in [1.165, 1.54) is 6.07 Å². The lowest BCUT2D eigenvalue weighted by molar-refractivity contribution is -0.120. The van der Waals surface area contributed by atoms with Crippen molar-refractivity contribution in [3.63, 3.8) is 0 Å². The molecule has 8 heteroatoms. The Morgan fingerprint density at radius 1 is 1.61 bits per heavy atom. The summed E-state index contributed by atoms with van der Waals surface area (Å²) in [6.07, 6.45) is 0. The monoisotopic (exact) mass is 253 g/mol. The summed E-state index contributed by atoms with van der Waals surface area (Å²) in [6.45, 7) is 0.330. The standard InChI is InChI=1S/C10H12FN5O2/c11-7-3-6(4-8(17)5-7)9(10(12)18)14-1-2-15-16-13/h3-5,9,14,17H,1-2H2,(H2,12,18). The normalized spacial score (nSPS) is 11.6. The van der Waals surface area contributed by atoms with Crippen LogP contribution in [0.1, 0.15) is 11.6 Å². The number of phenolic OH excluding ortho intramolecular Hbond substituents is 1. The number of rotatable bonds is 6. The van der Waals surface area contributed by atoms with Crippen LogP contribution in [0.25, 0.3) is 10.4 Å². The van der Waals surface area contributed by atoms with E-state index in [0.717, 1.165) is 12.1 Å². The number of aromatic hydroxyl groups is 1. The highest BCUT2D eigenvalue weighted by atomic mass is 19.1. The number of azide groups is 1. The van der Waals surface area contributed by atoms with Crippen molar-refractivity contribution in [2.75, 3.05) is 13.1 Å². The third kappa shape index (κ3) is 3.93. The second-order valence-corrected chi connectivity index (χ2v) is 3.49. The van der Waals surface area contributed by atoms with Crippen molar-refractivity contribution in [3.05, 3.63) is 40.0 Å². The van der Waals surface area contributed by atoms with Gasteiger partial charge in [0.15, 0.2) is 0 Å². The maximum absolute atomic E-state index is 13.1. The van der Waals surface area contributed by atoms with Gasteiger partial charge in [0.1, 0.15) is 17.6 Å². The van der Waals surface area contributed by atoms with Crippen LogP contribution in [0.3, 0.4) is 0 Å². The number of nitrogens with one attached hydrogen (secondary N) is 1. The Balaban J connectivity index is 2.83. The highest BCUT2D eigenvalue weighted by Crippen LogP contribution is 2.20. The molecule has 0 bridgehead atoms. The van der Waals surface area contributed by atoms with Gasteiger partial charge in [-0.15, -0.1) is 0 Å². The average Bonchev–Trinajstić information content (AvgIpc) is 2.27. The number of carbonyl (C=O) groups excluding carboxylic acids is 1. The number of amides is 1. The van der Waals surface area contributed by atoms with E-state index < -0.39 is 17.8 Å². The van der Waals surface area contributed by atoms with Gasteiger partial charge in [-0.3, -0.25) is 4.79 Å². The van der Waals surface area contributed by atoms with Crippen LogP contribution in [0.4, 0.5) is 4.39 Å². The largest absolute Gasteiger partial charge is 0.508 e. The Hall–Kier alpha value is -2.31. The molecule has 0 saturated heterocycles. The molecule has 1 aromatic carbocycles. The first kappa shape index (κ1) is 13.8. The number of benzene rings is 1. The molecule has 0 aliphatic carbocycles. The first-order valence-corrected chi connectivity index (χ1v) is 5.07. The van der Waals surface area contributed by atoms with Crippen molar-refractivity contribution >= 4 is 5.91 Å². The zero-order valence-corrected chi connectivity index (χ0v) is 9.38. The quantitative estimate of drug-likeness (QED) is 0.302. The van der Waals surface area contributed by atoms with Crippen LogP contribution in [0.5, 0.6) is 5.75 Å². The number of hydrogen-bond acceptors (Lipinski definition) is 4. The van der Waals surface area contributed by atoms with Crippen LogP contribution in [-0.2, 0) is 4.79 Å². The number of phenols is 1. The third-order valence-electron chi connectivity index (χ3n) is 2.15. The summed E-state index contributed by atoms with van der Waals surface area (Å²) in [5, 5.41) is 15.2. The Bertz CT molecular complexity index is 467. The van der Waals surface area contributed by atoms with Gasteiger partial charge in [-0.25, -0.2) is 4.39 Å². The average molecular weight is 253 g/mol. The molecular weight excluding hydrogens is 241 g/mol. The summed E-state index contributed by atoms with van der Waals surface area (Å²) < 4.78 is 13.1. The van der Waals surface area contributed by atoms with Crippen molar-refractivity contribution in [1.29, 1.82) is 0 Å². The molecule has 7 nitrogen and oxygen atoms in total. The Kier molecular flexibility index (Phi) is 4.91. The Morgan fingerprint density at radius 2 is 2.33 bits per heavy atom. The molecule has 1 amide bonds. The third-order valence-corrected chi connectivity index (χ3v) is 2.15. The predicted octanol–water partition coefficient (Wildman–Crippen LogP) is 0.958. The zero-order valence-electron chi connectivity index (χ0n) is 9.38. The predicted molar refractivity (Wildman–Crippen MR) is 62.0 cm³/mol. The molecule has 1 atom stereocenters. The second-order valence-electron chi connectivity index (χ2n) is 3.49. The fourth-order valence-electron chi connectivity index (χ4n) is 1.45. The van der Waals surface area contributed by atoms with E-state index in [4.69, 9.17) is 11.3 Å². The molecule has 4 N–H and O–H groups in total. The van der Waals surface area contributed by atoms with Crippen LogP contribution < -0.4 is 11.1 Å². The van der Waals surface area contributed by atoms with Crippen LogP contribution in [-0.4, -0.2) is 24.1 Å². The molecule has 18 heavy (non-hydrogen) atoms. The minimum atomic E-state index is -0.958. The molecule has 0 spiro atoms. The first-order valence-electron chi connectivity index (χ1n) is 5.07. The number of hydrogen-bond donors (Lipinski definition) is 3. The molecule has 1 rings (SSSR count). The van der Waals surface area contributed by atoms with Crippen molar-refractivity contribution in [2.45, 2.75) is 6.04 Å². The summed E-state index contributed by atoms with van der Waals surface area (Å²) in [6, 6.07) is 2.29. The minimum absolute atomic E-state index is 0.127. The van der Waals surface area contributed by atoms with Gasteiger partial charge in [0.05, 0.1) is 0 Å². The molecule has 0 radical (unpaired) electrons. The molecule has 96 valence electrons. The number of carbonyl (C=O) groups is 1. The van der Waals surface area contributed by atoms with E-state index in [2.05, 4.69) is 15.3 Å². The maximum atomic E-state index is 13.1. The number of nitrogens with zero attached hydrogens (tertiary/aromatic N) is 3. The van der Waals surface area contributed by atoms with Gasteiger partial charge in [-0.2, -0.15) is 0 Å². The van der Waals surface area contributed by atoms with Crippen molar-refractivity contribution in [1.82, 2.24) is 5.32 Å². The van der Waals surface area contributed by atoms with Gasteiger partial charge in [-0.1, -0.05) is 5.11 Å². The van der Waals surface area contributed by atoms with Gasteiger partial charge in [-0.05, 0) is 23.2 Å². The Morgan fingerprint density at radius 3 is 2.89 bits per heavy atom. The zero-order chi connectivity index (χ0) is 13.5. The summed E-state index contributed by atoms with van der Waals surface area (Å²) in [5.41, 5.74) is 13.5. The van der Waals surface area contributed by atoms with Crippen molar-refractivity contribution in [2.24, 2.45) is 10.8 Å². The van der Waals surface area contributed by atoms with Crippen LogP contribution in [0, 0.1) is 5.82 Å². The lowest BCUT2D eigenvalue weighted by Crippen LogP contribution is -2.35. The number of halogens is 1. The van der Waals surface area contributed by atoms with Gasteiger partial charge in [0.25, 0.3) is 0 Å². The van der Waals surface area contributed by atoms with Gasteiger partial charge >= 0.3 is 0 Å². The fraction of sp³-hybridized carbons (Fsp3) is 0.300. The van der Waals surface area contributed by atoms with Crippen LogP contribution in [0.15, 0.2) is 23.3 Å². The summed E-state index contributed by atoms with van der Waals surface area (Å²) in [7, 11) is 0. The highest BCUT2D eigenvalue weighted by Gasteiger charge is 2.18. The highest BCUT2D eigenvalue weighted by molar-refractivity contribution is 5.81. The molecule has 0 aliphatic rings. The molecule has 0 heterocycles. The molecule has 0 aliphatic heterocycles. The van der Waals surface area contributed by atoms with Crippen LogP contribution >= 0.6 is 0 Å². The van der Waals surface area contributed by atoms with E-state index in [1.54, 1.807) is 0 Å². The lowest BCUT2D eigenvalue weighted by Gasteiger charge is -2.15. The SMILES string of the molecule is [N-]=[N+]=NCCNC(C(N)=O)c1cc(O)cc(F)c1. The second kappa shape index (κ2) is 6.43. The maximum Gasteiger partial charge on any atom is 0.239 e. The Labute approximate surface area is 102 Å². The van der Waals surface area contributed by atoms with Gasteiger partial charge < -0.3 is 16.2 Å². The van der Waals surface area contributed by atoms with Crippen LogP contribution in [0.2, 0.25) is 0 Å². The molecular formula is C10H12FN5O2. The molecule has 0 aromatic heterocycles. The van der Waals surface area contributed by atoms with Gasteiger partial charge in [0, 0.05) is 24.1 Å². The summed E-state index contributed by atoms with van der Waals surface area (Å²) in [4.78, 5) is 13.8. The lowest BCUT2D eigenvalue weighted by atomic mass is 10.1. The van der Waals surface area contributed by atoms with Crippen molar-refractivity contribution < 1.29 is 14.3 Å². The molecule has 0 fully saturated rings. The van der Waals surface area contributed by atoms with E-state index in [1.807, 2.05) is 0 Å². The number of primary amides is 1. The molecule has 1 unspecified atom stereocenters. The summed E-state index contributed by atoms with van der Waals surface area (Å²) in [5.74, 6) is -1.69. The smallest absolute Gasteiger partial charge is 0.239 e. The fourth-order valence-corrected chi connectivity index (χ4v) is 1.45. The van der Waals surface area contributed by atoms with E-state index in [-0.39, 0.29) is 24.4 Å². The molecule has 1 aromatic rings. The molecule has 0 saturated carbocycles. The number of nitrogens with two attached hydrogens (primary N) is 1. The van der Waals surface area contributed by atoms with Crippen molar-refractivity contribution in [3.8, 4) is 5.75 Å². The van der Waals surface area contributed by atoms with E-state index in [0.29, 0.717) is 0 Å². The summed E-state index contributed by atoms with van der Waals surface area (Å²) >= 11 is 0. The van der Waals surface area contributed by atoms with Gasteiger partial charge in [0.2, 0.25) is 5.91 Å². The first-order chi connectivity index (χ1) is 8.54. The topological polar surface area (TPSA) is 124 Å². The van der Waals surface area contributed by atoms with E-state index >= 15 is 0 Å².